The number of rotatable bonds is 6. The van der Waals surface area contributed by atoms with Crippen molar-refractivity contribution in [2.24, 2.45) is 5.73 Å². The Labute approximate surface area is 157 Å². The van der Waals surface area contributed by atoms with Crippen LogP contribution in [0.5, 0.6) is 0 Å². The monoisotopic (exact) mass is 373 g/mol. The van der Waals surface area contributed by atoms with Crippen molar-refractivity contribution in [3.8, 4) is 0 Å². The zero-order valence-electron chi connectivity index (χ0n) is 15.1. The van der Waals surface area contributed by atoms with E-state index in [1.165, 1.54) is 6.92 Å². The maximum Gasteiger partial charge on any atom is 0.323 e. The molecule has 0 amide bonds. The molecule has 2 rings (SSSR count). The molecule has 0 saturated carbocycles. The lowest BCUT2D eigenvalue weighted by molar-refractivity contribution is -0.141. The number of aliphatic hydroxyl groups is 1. The zero-order valence-corrected chi connectivity index (χ0v) is 15.1. The van der Waals surface area contributed by atoms with Gasteiger partial charge in [0.1, 0.15) is 6.04 Å². The fourth-order valence-electron chi connectivity index (χ4n) is 2.05. The molecule has 144 valence electrons. The maximum atomic E-state index is 12.2. The lowest BCUT2D eigenvalue weighted by Gasteiger charge is -2.08. The van der Waals surface area contributed by atoms with Gasteiger partial charge in [-0.2, -0.15) is 0 Å². The largest absolute Gasteiger partial charge is 0.481 e. The lowest BCUT2D eigenvalue weighted by Crippen LogP contribution is -2.39. The molecule has 1 unspecified atom stereocenters. The Morgan fingerprint density at radius 3 is 1.85 bits per heavy atom. The number of carbonyl (C=O) groups is 3. The Morgan fingerprint density at radius 1 is 0.852 bits per heavy atom. The molecule has 3 atom stereocenters. The van der Waals surface area contributed by atoms with E-state index in [0.717, 1.165) is 0 Å². The first-order chi connectivity index (χ1) is 12.6. The molecule has 0 heterocycles. The third-order valence-corrected chi connectivity index (χ3v) is 3.86. The van der Waals surface area contributed by atoms with Crippen molar-refractivity contribution in [1.29, 1.82) is 0 Å². The van der Waals surface area contributed by atoms with E-state index in [1.54, 1.807) is 55.5 Å². The number of aliphatic carboxylic acids is 2. The summed E-state index contributed by atoms with van der Waals surface area (Å²) in [6.45, 7) is 2.94. The summed E-state index contributed by atoms with van der Waals surface area (Å²) in [7, 11) is 0. The Bertz CT molecular complexity index is 788. The first-order valence-corrected chi connectivity index (χ1v) is 8.24. The number of hydrogen-bond acceptors (Lipinski definition) is 5. The van der Waals surface area contributed by atoms with Crippen LogP contribution in [0.4, 0.5) is 0 Å². The number of nitrogens with two attached hydrogens (primary N) is 1. The van der Waals surface area contributed by atoms with Gasteiger partial charge in [-0.15, -0.1) is 0 Å². The highest BCUT2D eigenvalue weighted by atomic mass is 16.4. The van der Waals surface area contributed by atoms with Crippen LogP contribution in [0, 0.1) is 0 Å². The van der Waals surface area contributed by atoms with Crippen LogP contribution in [-0.4, -0.2) is 45.2 Å². The molecule has 7 nitrogen and oxygen atoms in total. The fraction of sp³-hybridized carbons (Fsp3) is 0.250. The van der Waals surface area contributed by atoms with Gasteiger partial charge in [0.15, 0.2) is 5.78 Å². The molecule has 0 aliphatic heterocycles. The highest BCUT2D eigenvalue weighted by Gasteiger charge is 2.17. The van der Waals surface area contributed by atoms with Gasteiger partial charge in [-0.25, -0.2) is 0 Å². The SMILES string of the molecule is CC(C(=O)O)c1cccc(C(=O)c2ccccc2)c1.C[C@@H](O)[C@H](N)C(=O)O. The Morgan fingerprint density at radius 2 is 1.41 bits per heavy atom. The summed E-state index contributed by atoms with van der Waals surface area (Å²) in [5.74, 6) is -2.80. The molecular formula is C20H23NO6. The topological polar surface area (TPSA) is 138 Å². The zero-order chi connectivity index (χ0) is 20.6. The molecule has 0 radical (unpaired) electrons. The smallest absolute Gasteiger partial charge is 0.323 e. The van der Waals surface area contributed by atoms with Crippen molar-refractivity contribution in [3.05, 3.63) is 71.3 Å². The van der Waals surface area contributed by atoms with E-state index in [2.05, 4.69) is 0 Å². The minimum atomic E-state index is -1.18. The standard InChI is InChI=1S/C16H14O3.C4H9NO3/c1-11(16(18)19)13-8-5-9-14(10-13)15(17)12-6-3-2-4-7-12;1-2(6)3(5)4(7)8/h2-11H,1H3,(H,18,19);2-3,6H,5H2,1H3,(H,7,8)/t;2-,3+/m.1/s1. The van der Waals surface area contributed by atoms with Gasteiger partial charge >= 0.3 is 11.9 Å². The van der Waals surface area contributed by atoms with Crippen LogP contribution < -0.4 is 5.73 Å². The maximum absolute atomic E-state index is 12.2. The number of carboxylic acid groups (broad SMARTS) is 2. The van der Waals surface area contributed by atoms with Crippen molar-refractivity contribution in [2.45, 2.75) is 31.9 Å². The van der Waals surface area contributed by atoms with E-state index in [0.29, 0.717) is 16.7 Å². The predicted molar refractivity (Wildman–Crippen MR) is 99.7 cm³/mol. The number of hydrogen-bond donors (Lipinski definition) is 4. The summed E-state index contributed by atoms with van der Waals surface area (Å²) >= 11 is 0. The van der Waals surface area contributed by atoms with E-state index in [1.807, 2.05) is 6.07 Å². The summed E-state index contributed by atoms with van der Waals surface area (Å²) < 4.78 is 0. The summed E-state index contributed by atoms with van der Waals surface area (Å²) in [4.78, 5) is 33.1. The minimum Gasteiger partial charge on any atom is -0.481 e. The quantitative estimate of drug-likeness (QED) is 0.567. The van der Waals surface area contributed by atoms with Crippen LogP contribution >= 0.6 is 0 Å². The van der Waals surface area contributed by atoms with Gasteiger partial charge < -0.3 is 21.1 Å². The van der Waals surface area contributed by atoms with Crippen LogP contribution in [0.25, 0.3) is 0 Å². The summed E-state index contributed by atoms with van der Waals surface area (Å²) in [5.41, 5.74) is 6.65. The fourth-order valence-corrected chi connectivity index (χ4v) is 2.05. The van der Waals surface area contributed by atoms with Gasteiger partial charge in [-0.05, 0) is 25.5 Å². The molecular weight excluding hydrogens is 350 g/mol. The third-order valence-electron chi connectivity index (χ3n) is 3.86. The van der Waals surface area contributed by atoms with Crippen LogP contribution in [0.3, 0.4) is 0 Å². The number of benzene rings is 2. The summed E-state index contributed by atoms with van der Waals surface area (Å²) in [6.07, 6.45) is -0.979. The highest BCUT2D eigenvalue weighted by molar-refractivity contribution is 6.09. The van der Waals surface area contributed by atoms with Crippen molar-refractivity contribution in [3.63, 3.8) is 0 Å². The van der Waals surface area contributed by atoms with E-state index in [-0.39, 0.29) is 5.78 Å². The van der Waals surface area contributed by atoms with E-state index in [9.17, 15) is 14.4 Å². The average Bonchev–Trinajstić information content (AvgIpc) is 2.67. The van der Waals surface area contributed by atoms with E-state index in [4.69, 9.17) is 21.1 Å². The van der Waals surface area contributed by atoms with E-state index < -0.39 is 30.0 Å². The summed E-state index contributed by atoms with van der Waals surface area (Å²) in [5, 5.41) is 25.5. The first-order valence-electron chi connectivity index (χ1n) is 8.24. The Balaban J connectivity index is 0.000000387. The van der Waals surface area contributed by atoms with E-state index >= 15 is 0 Å². The molecule has 2 aromatic carbocycles. The van der Waals surface area contributed by atoms with Gasteiger partial charge in [0.2, 0.25) is 0 Å². The number of ketones is 1. The molecule has 0 spiro atoms. The van der Waals surface area contributed by atoms with Crippen LogP contribution in [0.2, 0.25) is 0 Å². The minimum absolute atomic E-state index is 0.0972. The van der Waals surface area contributed by atoms with Crippen molar-refractivity contribution in [1.82, 2.24) is 0 Å². The molecule has 0 aliphatic carbocycles. The molecule has 0 bridgehead atoms. The molecule has 0 aliphatic rings. The van der Waals surface area contributed by atoms with Gasteiger partial charge in [-0.3, -0.25) is 14.4 Å². The number of carbonyl (C=O) groups excluding carboxylic acids is 1. The second-order valence-electron chi connectivity index (χ2n) is 5.99. The molecule has 5 N–H and O–H groups in total. The van der Waals surface area contributed by atoms with Crippen molar-refractivity contribution < 1.29 is 29.7 Å². The molecule has 0 fully saturated rings. The number of aliphatic hydroxyl groups excluding tert-OH is 1. The molecule has 27 heavy (non-hydrogen) atoms. The van der Waals surface area contributed by atoms with Crippen LogP contribution in [0.15, 0.2) is 54.6 Å². The number of carboxylic acids is 2. The van der Waals surface area contributed by atoms with Gasteiger partial charge in [0.05, 0.1) is 12.0 Å². The average molecular weight is 373 g/mol. The predicted octanol–water partition coefficient (Wildman–Crippen LogP) is 1.88. The molecule has 2 aromatic rings. The molecule has 7 heteroatoms. The van der Waals surface area contributed by atoms with Crippen molar-refractivity contribution >= 4 is 17.7 Å². The lowest BCUT2D eigenvalue weighted by atomic mass is 9.96. The third kappa shape index (κ3) is 6.65. The molecule has 0 saturated heterocycles. The second kappa shape index (κ2) is 10.2. The molecule has 0 aromatic heterocycles. The van der Waals surface area contributed by atoms with Crippen molar-refractivity contribution in [2.75, 3.05) is 0 Å². The van der Waals surface area contributed by atoms with Crippen LogP contribution in [0.1, 0.15) is 41.3 Å². The Kier molecular flexibility index (Phi) is 8.32. The normalized spacial score (nSPS) is 13.5. The Hall–Kier alpha value is -3.03. The highest BCUT2D eigenvalue weighted by Crippen LogP contribution is 2.18. The summed E-state index contributed by atoms with van der Waals surface area (Å²) in [6, 6.07) is 14.6. The van der Waals surface area contributed by atoms with Gasteiger partial charge in [-0.1, -0.05) is 48.5 Å². The van der Waals surface area contributed by atoms with Gasteiger partial charge in [0.25, 0.3) is 0 Å². The second-order valence-corrected chi connectivity index (χ2v) is 5.99. The van der Waals surface area contributed by atoms with Gasteiger partial charge in [0, 0.05) is 11.1 Å². The first kappa shape index (κ1) is 22.0. The van der Waals surface area contributed by atoms with Crippen LogP contribution in [-0.2, 0) is 9.59 Å².